The van der Waals surface area contributed by atoms with E-state index in [4.69, 9.17) is 9.47 Å². The molecular weight excluding hydrogens is 256 g/mol. The lowest BCUT2D eigenvalue weighted by atomic mass is 10.0. The lowest BCUT2D eigenvalue weighted by Crippen LogP contribution is -2.47. The van der Waals surface area contributed by atoms with Crippen molar-refractivity contribution < 1.29 is 14.3 Å². The number of hydrogen-bond acceptors (Lipinski definition) is 4. The zero-order valence-electron chi connectivity index (χ0n) is 13.5. The molecule has 5 nitrogen and oxygen atoms in total. The molecule has 1 aliphatic heterocycles. The van der Waals surface area contributed by atoms with E-state index in [1.807, 2.05) is 20.8 Å². The summed E-state index contributed by atoms with van der Waals surface area (Å²) in [6.07, 6.45) is 3.15. The molecule has 1 heterocycles. The Bertz CT molecular complexity index is 302. The van der Waals surface area contributed by atoms with Gasteiger partial charge >= 0.3 is 6.09 Å². The molecule has 2 N–H and O–H groups in total. The molecule has 1 fully saturated rings. The van der Waals surface area contributed by atoms with Gasteiger partial charge in [0, 0.05) is 25.2 Å². The second kappa shape index (κ2) is 7.84. The summed E-state index contributed by atoms with van der Waals surface area (Å²) in [5.41, 5.74) is -0.449. The normalized spacial score (nSPS) is 25.1. The Labute approximate surface area is 122 Å². The topological polar surface area (TPSA) is 59.6 Å². The maximum Gasteiger partial charge on any atom is 0.407 e. The van der Waals surface area contributed by atoms with Crippen LogP contribution in [0.4, 0.5) is 4.79 Å². The van der Waals surface area contributed by atoms with Crippen molar-refractivity contribution in [3.05, 3.63) is 0 Å². The Morgan fingerprint density at radius 2 is 2.15 bits per heavy atom. The van der Waals surface area contributed by atoms with E-state index in [0.29, 0.717) is 18.7 Å². The van der Waals surface area contributed by atoms with E-state index in [1.54, 1.807) is 0 Å². The van der Waals surface area contributed by atoms with Gasteiger partial charge < -0.3 is 20.1 Å². The van der Waals surface area contributed by atoms with Crippen molar-refractivity contribution in [1.29, 1.82) is 0 Å². The van der Waals surface area contributed by atoms with E-state index in [1.165, 1.54) is 0 Å². The van der Waals surface area contributed by atoms with Gasteiger partial charge in [0.15, 0.2) is 0 Å². The molecule has 1 aliphatic rings. The first-order valence-electron chi connectivity index (χ1n) is 7.64. The fourth-order valence-corrected chi connectivity index (χ4v) is 2.33. The minimum absolute atomic E-state index is 0.225. The van der Waals surface area contributed by atoms with Crippen LogP contribution in [0.1, 0.15) is 53.9 Å². The maximum atomic E-state index is 11.6. The van der Waals surface area contributed by atoms with Gasteiger partial charge in [-0.1, -0.05) is 6.92 Å². The molecule has 0 aromatic carbocycles. The zero-order chi connectivity index (χ0) is 15.2. The molecule has 3 unspecified atom stereocenters. The highest BCUT2D eigenvalue weighted by Crippen LogP contribution is 2.16. The zero-order valence-corrected chi connectivity index (χ0v) is 13.5. The smallest absolute Gasteiger partial charge is 0.407 e. The number of hydrogen-bond donors (Lipinski definition) is 2. The molecule has 118 valence electrons. The second-order valence-corrected chi connectivity index (χ2v) is 6.57. The SMILES string of the molecule is CCC1CC(NC(C)CNC(=O)OC(C)(C)C)CCO1. The third-order valence-corrected chi connectivity index (χ3v) is 3.29. The van der Waals surface area contributed by atoms with Gasteiger partial charge in [-0.15, -0.1) is 0 Å². The standard InChI is InChI=1S/C15H30N2O3/c1-6-13-9-12(7-8-19-13)17-11(2)10-16-14(18)20-15(3,4)5/h11-13,17H,6-10H2,1-5H3,(H,16,18). The minimum Gasteiger partial charge on any atom is -0.444 e. The Hall–Kier alpha value is -0.810. The van der Waals surface area contributed by atoms with Crippen LogP contribution in [-0.2, 0) is 9.47 Å². The first-order valence-corrected chi connectivity index (χ1v) is 7.64. The van der Waals surface area contributed by atoms with E-state index in [2.05, 4.69) is 24.5 Å². The average Bonchev–Trinajstić information content (AvgIpc) is 2.34. The third kappa shape index (κ3) is 7.10. The number of ether oxygens (including phenoxy) is 2. The summed E-state index contributed by atoms with van der Waals surface area (Å²) in [4.78, 5) is 11.6. The van der Waals surface area contributed by atoms with Gasteiger partial charge in [-0.3, -0.25) is 0 Å². The van der Waals surface area contributed by atoms with Crippen LogP contribution in [-0.4, -0.2) is 43.0 Å². The first-order chi connectivity index (χ1) is 9.30. The number of carbonyl (C=O) groups is 1. The van der Waals surface area contributed by atoms with Crippen LogP contribution in [0.2, 0.25) is 0 Å². The van der Waals surface area contributed by atoms with E-state index < -0.39 is 5.60 Å². The van der Waals surface area contributed by atoms with Crippen molar-refractivity contribution in [2.75, 3.05) is 13.2 Å². The molecule has 3 atom stereocenters. The molecule has 5 heteroatoms. The van der Waals surface area contributed by atoms with Crippen LogP contribution in [0.15, 0.2) is 0 Å². The highest BCUT2D eigenvalue weighted by Gasteiger charge is 2.22. The van der Waals surface area contributed by atoms with Crippen molar-refractivity contribution in [3.8, 4) is 0 Å². The van der Waals surface area contributed by atoms with Crippen molar-refractivity contribution in [3.63, 3.8) is 0 Å². The summed E-state index contributed by atoms with van der Waals surface area (Å²) in [6, 6.07) is 0.701. The van der Waals surface area contributed by atoms with Crippen LogP contribution < -0.4 is 10.6 Å². The molecule has 0 spiro atoms. The predicted octanol–water partition coefficient (Wildman–Crippen LogP) is 2.45. The summed E-state index contributed by atoms with van der Waals surface area (Å²) >= 11 is 0. The molecule has 1 rings (SSSR count). The summed E-state index contributed by atoms with van der Waals surface area (Å²) in [7, 11) is 0. The van der Waals surface area contributed by atoms with Gasteiger partial charge in [-0.2, -0.15) is 0 Å². The van der Waals surface area contributed by atoms with Crippen LogP contribution in [0.5, 0.6) is 0 Å². The van der Waals surface area contributed by atoms with Gasteiger partial charge in [-0.25, -0.2) is 4.79 Å². The Morgan fingerprint density at radius 3 is 2.75 bits per heavy atom. The Kier molecular flexibility index (Phi) is 6.76. The number of nitrogens with one attached hydrogen (secondary N) is 2. The van der Waals surface area contributed by atoms with Crippen LogP contribution in [0.3, 0.4) is 0 Å². The monoisotopic (exact) mass is 286 g/mol. The fraction of sp³-hybridized carbons (Fsp3) is 0.933. The van der Waals surface area contributed by atoms with E-state index in [-0.39, 0.29) is 12.1 Å². The molecule has 0 aromatic rings. The molecule has 0 radical (unpaired) electrons. The number of amides is 1. The number of alkyl carbamates (subject to hydrolysis) is 1. The largest absolute Gasteiger partial charge is 0.444 e. The average molecular weight is 286 g/mol. The first kappa shape index (κ1) is 17.2. The molecule has 1 amide bonds. The Morgan fingerprint density at radius 1 is 1.45 bits per heavy atom. The molecule has 20 heavy (non-hydrogen) atoms. The van der Waals surface area contributed by atoms with Gasteiger partial charge in [0.25, 0.3) is 0 Å². The van der Waals surface area contributed by atoms with Crippen molar-refractivity contribution in [2.45, 2.75) is 77.7 Å². The second-order valence-electron chi connectivity index (χ2n) is 6.57. The number of carbonyl (C=O) groups excluding carboxylic acids is 1. The van der Waals surface area contributed by atoms with Crippen LogP contribution in [0, 0.1) is 0 Å². The summed E-state index contributed by atoms with van der Waals surface area (Å²) < 4.78 is 10.9. The quantitative estimate of drug-likeness (QED) is 0.815. The summed E-state index contributed by atoms with van der Waals surface area (Å²) in [6.45, 7) is 11.2. The molecule has 0 aliphatic carbocycles. The third-order valence-electron chi connectivity index (χ3n) is 3.29. The van der Waals surface area contributed by atoms with E-state index in [9.17, 15) is 4.79 Å². The van der Waals surface area contributed by atoms with E-state index >= 15 is 0 Å². The van der Waals surface area contributed by atoms with Crippen LogP contribution >= 0.6 is 0 Å². The van der Waals surface area contributed by atoms with Gasteiger partial charge in [0.05, 0.1) is 6.10 Å². The molecule has 0 saturated carbocycles. The van der Waals surface area contributed by atoms with Gasteiger partial charge in [0.2, 0.25) is 0 Å². The lowest BCUT2D eigenvalue weighted by Gasteiger charge is -2.31. The summed E-state index contributed by atoms with van der Waals surface area (Å²) in [5.74, 6) is 0. The lowest BCUT2D eigenvalue weighted by molar-refractivity contribution is -0.00174. The summed E-state index contributed by atoms with van der Waals surface area (Å²) in [5, 5.41) is 6.35. The maximum absolute atomic E-state index is 11.6. The number of rotatable bonds is 5. The minimum atomic E-state index is -0.449. The van der Waals surface area contributed by atoms with Gasteiger partial charge in [-0.05, 0) is 47.0 Å². The van der Waals surface area contributed by atoms with Crippen LogP contribution in [0.25, 0.3) is 0 Å². The molecule has 0 aromatic heterocycles. The highest BCUT2D eigenvalue weighted by molar-refractivity contribution is 5.67. The van der Waals surface area contributed by atoms with Crippen molar-refractivity contribution in [1.82, 2.24) is 10.6 Å². The highest BCUT2D eigenvalue weighted by atomic mass is 16.6. The van der Waals surface area contributed by atoms with E-state index in [0.717, 1.165) is 25.9 Å². The van der Waals surface area contributed by atoms with Crippen molar-refractivity contribution in [2.24, 2.45) is 0 Å². The van der Waals surface area contributed by atoms with Crippen molar-refractivity contribution >= 4 is 6.09 Å². The molecular formula is C15H30N2O3. The van der Waals surface area contributed by atoms with Gasteiger partial charge in [0.1, 0.15) is 5.60 Å². The molecule has 0 bridgehead atoms. The Balaban J connectivity index is 2.22. The predicted molar refractivity (Wildman–Crippen MR) is 79.9 cm³/mol. The molecule has 1 saturated heterocycles. The fourth-order valence-electron chi connectivity index (χ4n) is 2.33.